The molecule has 0 bridgehead atoms. The molecule has 8 nitrogen and oxygen atoms in total. The fourth-order valence-corrected chi connectivity index (χ4v) is 5.14. The van der Waals surface area contributed by atoms with Crippen molar-refractivity contribution in [3.63, 3.8) is 0 Å². The van der Waals surface area contributed by atoms with E-state index in [2.05, 4.69) is 4.98 Å². The maximum atomic E-state index is 12.9. The number of benzene rings is 1. The Labute approximate surface area is 183 Å². The number of ether oxygens (including phenoxy) is 1. The van der Waals surface area contributed by atoms with Crippen molar-refractivity contribution < 1.29 is 14.3 Å². The van der Waals surface area contributed by atoms with Crippen molar-refractivity contribution in [2.75, 3.05) is 19.7 Å². The highest BCUT2D eigenvalue weighted by molar-refractivity contribution is 7.21. The molecule has 1 atom stereocenters. The maximum absolute atomic E-state index is 12.9. The number of morpholine rings is 1. The topological polar surface area (TPSA) is 108 Å². The first-order chi connectivity index (χ1) is 14.8. The second kappa shape index (κ2) is 8.60. The van der Waals surface area contributed by atoms with E-state index in [-0.39, 0.29) is 24.6 Å². The average molecular weight is 441 g/mol. The van der Waals surface area contributed by atoms with Crippen molar-refractivity contribution >= 4 is 33.2 Å². The number of nitrogens with two attached hydrogens (primary N) is 1. The van der Waals surface area contributed by atoms with Gasteiger partial charge in [0.25, 0.3) is 5.91 Å². The number of primary amides is 1. The summed E-state index contributed by atoms with van der Waals surface area (Å²) in [6, 6.07) is 9.53. The number of aryl methyl sites for hydroxylation is 2. The number of thiophene rings is 1. The first-order valence-corrected chi connectivity index (χ1v) is 10.9. The van der Waals surface area contributed by atoms with E-state index in [9.17, 15) is 14.4 Å². The Morgan fingerprint density at radius 1 is 1.29 bits per heavy atom. The van der Waals surface area contributed by atoms with E-state index < -0.39 is 12.0 Å². The number of rotatable bonds is 5. The molecule has 0 radical (unpaired) electrons. The van der Waals surface area contributed by atoms with Gasteiger partial charge in [0.2, 0.25) is 5.91 Å². The third-order valence-corrected chi connectivity index (χ3v) is 6.70. The molecule has 1 saturated heterocycles. The minimum absolute atomic E-state index is 0.0691. The van der Waals surface area contributed by atoms with Crippen molar-refractivity contribution in [1.82, 2.24) is 14.5 Å². The minimum atomic E-state index is -0.495. The molecule has 3 aromatic rings. The van der Waals surface area contributed by atoms with Crippen molar-refractivity contribution in [3.05, 3.63) is 62.6 Å². The Kier molecular flexibility index (Phi) is 5.88. The van der Waals surface area contributed by atoms with Crippen LogP contribution < -0.4 is 11.4 Å². The smallest absolute Gasteiger partial charge is 0.347 e. The van der Waals surface area contributed by atoms with E-state index in [1.807, 2.05) is 37.3 Å². The molecule has 2 amide bonds. The molecule has 2 N–H and O–H groups in total. The number of carbonyl (C=O) groups is 2. The Morgan fingerprint density at radius 3 is 2.81 bits per heavy atom. The largest absolute Gasteiger partial charge is 0.370 e. The van der Waals surface area contributed by atoms with Crippen molar-refractivity contribution in [2.24, 2.45) is 5.73 Å². The fraction of sp³-hybridized carbons (Fsp3) is 0.364. The minimum Gasteiger partial charge on any atom is -0.370 e. The molecule has 0 spiro atoms. The van der Waals surface area contributed by atoms with Gasteiger partial charge in [0, 0.05) is 41.2 Å². The summed E-state index contributed by atoms with van der Waals surface area (Å²) < 4.78 is 8.43. The van der Waals surface area contributed by atoms with Crippen LogP contribution in [-0.4, -0.2) is 46.0 Å². The molecule has 1 aliphatic rings. The zero-order chi connectivity index (χ0) is 22.1. The molecule has 3 heterocycles. The number of carbonyl (C=O) groups excluding carboxylic acids is 2. The second-order valence-corrected chi connectivity index (χ2v) is 8.68. The third kappa shape index (κ3) is 4.24. The van der Waals surface area contributed by atoms with Gasteiger partial charge in [0.1, 0.15) is 6.10 Å². The van der Waals surface area contributed by atoms with Crippen LogP contribution in [0.3, 0.4) is 0 Å². The van der Waals surface area contributed by atoms with Gasteiger partial charge in [-0.05, 0) is 31.4 Å². The van der Waals surface area contributed by atoms with E-state index in [0.29, 0.717) is 30.3 Å². The molecule has 0 aliphatic carbocycles. The summed E-state index contributed by atoms with van der Waals surface area (Å²) in [5.74, 6) is -0.565. The van der Waals surface area contributed by atoms with Crippen LogP contribution in [0.1, 0.15) is 39.1 Å². The number of amides is 2. The zero-order valence-corrected chi connectivity index (χ0v) is 18.3. The van der Waals surface area contributed by atoms with Gasteiger partial charge in [-0.3, -0.25) is 14.2 Å². The van der Waals surface area contributed by atoms with Gasteiger partial charge in [-0.1, -0.05) is 18.2 Å². The van der Waals surface area contributed by atoms with Crippen molar-refractivity contribution in [3.8, 4) is 0 Å². The van der Waals surface area contributed by atoms with Gasteiger partial charge >= 0.3 is 5.69 Å². The standard InChI is InChI=1S/C22H24N4O4S/c1-13-11-14(2)26(22(29)24-13)8-7-18(27)25-9-10-30-16(12-25)19-15-5-3-4-6-17(15)31-20(19)21(23)28/h3-6,11,16H,7-10,12H2,1-2H3,(H2,23,28). The summed E-state index contributed by atoms with van der Waals surface area (Å²) >= 11 is 1.34. The molecule has 9 heteroatoms. The summed E-state index contributed by atoms with van der Waals surface area (Å²) in [6.07, 6.45) is -0.243. The molecule has 1 unspecified atom stereocenters. The van der Waals surface area contributed by atoms with E-state index in [4.69, 9.17) is 10.5 Å². The number of hydrogen-bond acceptors (Lipinski definition) is 6. The van der Waals surface area contributed by atoms with Gasteiger partial charge < -0.3 is 15.4 Å². The average Bonchev–Trinajstić information content (AvgIpc) is 3.13. The van der Waals surface area contributed by atoms with E-state index in [0.717, 1.165) is 21.3 Å². The molecule has 1 aromatic carbocycles. The van der Waals surface area contributed by atoms with Crippen LogP contribution in [0.4, 0.5) is 0 Å². The summed E-state index contributed by atoms with van der Waals surface area (Å²) in [5.41, 5.74) is 7.47. The molecule has 2 aromatic heterocycles. The van der Waals surface area contributed by atoms with Gasteiger partial charge in [-0.25, -0.2) is 4.79 Å². The second-order valence-electron chi connectivity index (χ2n) is 7.63. The molecule has 31 heavy (non-hydrogen) atoms. The summed E-state index contributed by atoms with van der Waals surface area (Å²) in [4.78, 5) is 43.2. The summed E-state index contributed by atoms with van der Waals surface area (Å²) in [7, 11) is 0. The SMILES string of the molecule is Cc1cc(C)n(CCC(=O)N2CCOC(c3c(C(N)=O)sc4ccccc34)C2)c(=O)n1. The van der Waals surface area contributed by atoms with E-state index in [1.165, 1.54) is 15.9 Å². The molecule has 162 valence electrons. The zero-order valence-electron chi connectivity index (χ0n) is 17.5. The quantitative estimate of drug-likeness (QED) is 0.654. The summed E-state index contributed by atoms with van der Waals surface area (Å²) in [5, 5.41) is 0.925. The molecule has 4 rings (SSSR count). The highest BCUT2D eigenvalue weighted by Crippen LogP contribution is 2.38. The summed E-state index contributed by atoms with van der Waals surface area (Å²) in [6.45, 7) is 5.03. The normalized spacial score (nSPS) is 16.6. The predicted octanol–water partition coefficient (Wildman–Crippen LogP) is 2.16. The van der Waals surface area contributed by atoms with Crippen LogP contribution >= 0.6 is 11.3 Å². The molecule has 1 fully saturated rings. The lowest BCUT2D eigenvalue weighted by molar-refractivity contribution is -0.139. The molecule has 1 aliphatic heterocycles. The third-order valence-electron chi connectivity index (χ3n) is 5.49. The van der Waals surface area contributed by atoms with Crippen LogP contribution in [-0.2, 0) is 16.1 Å². The molecular formula is C22H24N4O4S. The lowest BCUT2D eigenvalue weighted by Gasteiger charge is -2.33. The first kappa shape index (κ1) is 21.2. The van der Waals surface area contributed by atoms with Crippen molar-refractivity contribution in [1.29, 1.82) is 0 Å². The fourth-order valence-electron chi connectivity index (χ4n) is 4.03. The number of fused-ring (bicyclic) bond motifs is 1. The van der Waals surface area contributed by atoms with Gasteiger partial charge in [-0.2, -0.15) is 4.98 Å². The van der Waals surface area contributed by atoms with E-state index >= 15 is 0 Å². The number of aromatic nitrogens is 2. The highest BCUT2D eigenvalue weighted by atomic mass is 32.1. The lowest BCUT2D eigenvalue weighted by Crippen LogP contribution is -2.43. The van der Waals surface area contributed by atoms with Crippen LogP contribution in [0.25, 0.3) is 10.1 Å². The van der Waals surface area contributed by atoms with Gasteiger partial charge in [0.05, 0.1) is 18.0 Å². The lowest BCUT2D eigenvalue weighted by atomic mass is 10.0. The Balaban J connectivity index is 1.52. The van der Waals surface area contributed by atoms with Gasteiger partial charge in [-0.15, -0.1) is 11.3 Å². The maximum Gasteiger partial charge on any atom is 0.347 e. The predicted molar refractivity (Wildman–Crippen MR) is 118 cm³/mol. The monoisotopic (exact) mass is 440 g/mol. The number of hydrogen-bond donors (Lipinski definition) is 1. The van der Waals surface area contributed by atoms with Crippen LogP contribution in [0, 0.1) is 13.8 Å². The van der Waals surface area contributed by atoms with Crippen LogP contribution in [0.2, 0.25) is 0 Å². The van der Waals surface area contributed by atoms with Crippen LogP contribution in [0.5, 0.6) is 0 Å². The van der Waals surface area contributed by atoms with E-state index in [1.54, 1.807) is 11.8 Å². The molecular weight excluding hydrogens is 416 g/mol. The highest BCUT2D eigenvalue weighted by Gasteiger charge is 2.30. The number of nitrogens with zero attached hydrogens (tertiary/aromatic N) is 3. The molecule has 0 saturated carbocycles. The Bertz CT molecular complexity index is 1220. The Hall–Kier alpha value is -3.04. The van der Waals surface area contributed by atoms with Crippen LogP contribution in [0.15, 0.2) is 35.1 Å². The Morgan fingerprint density at radius 2 is 2.06 bits per heavy atom. The van der Waals surface area contributed by atoms with Crippen molar-refractivity contribution in [2.45, 2.75) is 32.9 Å². The van der Waals surface area contributed by atoms with Gasteiger partial charge in [0.15, 0.2) is 0 Å². The first-order valence-electron chi connectivity index (χ1n) is 10.1.